The third kappa shape index (κ3) is 95.2. The van der Waals surface area contributed by atoms with Crippen LogP contribution in [0.1, 0.15) is 25.7 Å². The molecule has 0 amide bonds. The Bertz CT molecular complexity index is 181. The molecule has 0 N–H and O–H groups in total. The first-order valence-corrected chi connectivity index (χ1v) is 7.86. The summed E-state index contributed by atoms with van der Waals surface area (Å²) in [5.41, 5.74) is 0. The van der Waals surface area contributed by atoms with Gasteiger partial charge >= 0.3 is 26.6 Å². The van der Waals surface area contributed by atoms with Crippen molar-refractivity contribution >= 4 is 26.6 Å². The van der Waals surface area contributed by atoms with Crippen molar-refractivity contribution in [3.05, 3.63) is 24.3 Å². The topological polar surface area (TPSA) is 0 Å². The summed E-state index contributed by atoms with van der Waals surface area (Å²) in [6.45, 7) is 0. The molecule has 1 aliphatic carbocycles. The molecule has 0 aromatic rings. The molecule has 0 radical (unpaired) electrons. The number of halogens is 9. The van der Waals surface area contributed by atoms with Gasteiger partial charge < -0.3 is 0 Å². The van der Waals surface area contributed by atoms with Crippen molar-refractivity contribution in [1.82, 2.24) is 0 Å². The van der Waals surface area contributed by atoms with Crippen LogP contribution in [-0.4, -0.2) is 0 Å². The van der Waals surface area contributed by atoms with Crippen LogP contribution in [0.25, 0.3) is 0 Å². The Kier molecular flexibility index (Phi) is 36.4. The van der Waals surface area contributed by atoms with Crippen LogP contribution in [0.5, 0.6) is 0 Å². The molecule has 0 aliphatic heterocycles. The van der Waals surface area contributed by atoms with E-state index in [2.05, 4.69) is 24.3 Å². The van der Waals surface area contributed by atoms with Crippen molar-refractivity contribution in [3.63, 3.8) is 0 Å². The summed E-state index contributed by atoms with van der Waals surface area (Å²) in [5.74, 6) is 0. The van der Waals surface area contributed by atoms with E-state index in [4.69, 9.17) is 0 Å². The molecule has 0 aromatic heterocycles. The maximum absolute atomic E-state index is 9.73. The summed E-state index contributed by atoms with van der Waals surface area (Å²) in [6.07, 6.45) is 14.0. The van der Waals surface area contributed by atoms with Crippen molar-refractivity contribution in [2.45, 2.75) is 25.7 Å². The maximum Gasteiger partial charge on any atom is 0.456 e. The molecule has 0 spiro atoms. The molecule has 0 fully saturated rings. The monoisotopic (exact) mass is 474 g/mol. The molecule has 21 heavy (non-hydrogen) atoms. The van der Waals surface area contributed by atoms with E-state index < -0.39 is 26.6 Å². The van der Waals surface area contributed by atoms with E-state index >= 15 is 0 Å². The average Bonchev–Trinajstić information content (AvgIpc) is 2.12. The summed E-state index contributed by atoms with van der Waals surface area (Å²) in [4.78, 5) is 0. The maximum atomic E-state index is 9.73. The van der Waals surface area contributed by atoms with Crippen LogP contribution in [-0.2, 0) is 19.5 Å². The third-order valence-corrected chi connectivity index (χ3v) is 1.33. The average molecular weight is 473 g/mol. The zero-order valence-corrected chi connectivity index (χ0v) is 14.7. The SMILES string of the molecule is C1=CCCC=CCC1.FP(F)F.FP(F)F.FP(F)F.[Ru]. The van der Waals surface area contributed by atoms with Crippen molar-refractivity contribution in [3.8, 4) is 0 Å². The smallest absolute Gasteiger partial charge is 0.152 e. The van der Waals surface area contributed by atoms with Gasteiger partial charge in [0.25, 0.3) is 0 Å². The normalized spacial score (nSPS) is 12.8. The zero-order valence-electron chi connectivity index (χ0n) is 10.2. The van der Waals surface area contributed by atoms with Crippen LogP contribution in [0.3, 0.4) is 0 Å². The second-order valence-corrected chi connectivity index (χ2v) is 3.82. The van der Waals surface area contributed by atoms with Gasteiger partial charge in [-0.3, -0.25) is 0 Å². The Morgan fingerprint density at radius 2 is 0.524 bits per heavy atom. The Hall–Kier alpha value is 0.763. The Morgan fingerprint density at radius 3 is 0.619 bits per heavy atom. The molecular formula is C8H12F9P3Ru. The quantitative estimate of drug-likeness (QED) is 0.143. The van der Waals surface area contributed by atoms with Crippen LogP contribution < -0.4 is 0 Å². The van der Waals surface area contributed by atoms with Crippen LogP contribution in [0.2, 0.25) is 0 Å². The first-order chi connectivity index (χ1) is 9.20. The van der Waals surface area contributed by atoms with Gasteiger partial charge in [0.15, 0.2) is 0 Å². The van der Waals surface area contributed by atoms with Gasteiger partial charge in [-0.25, -0.2) is 0 Å². The third-order valence-electron chi connectivity index (χ3n) is 1.33. The second kappa shape index (κ2) is 25.7. The van der Waals surface area contributed by atoms with Gasteiger partial charge in [0.1, 0.15) is 0 Å². The molecule has 0 atom stereocenters. The van der Waals surface area contributed by atoms with Crippen LogP contribution in [0.15, 0.2) is 24.3 Å². The van der Waals surface area contributed by atoms with Gasteiger partial charge in [0.05, 0.1) is 0 Å². The zero-order chi connectivity index (χ0) is 16.4. The van der Waals surface area contributed by atoms with E-state index in [0.717, 1.165) is 0 Å². The van der Waals surface area contributed by atoms with Gasteiger partial charge in [0.2, 0.25) is 0 Å². The summed E-state index contributed by atoms with van der Waals surface area (Å²) < 4.78 is 87.6. The molecule has 0 saturated carbocycles. The van der Waals surface area contributed by atoms with E-state index in [-0.39, 0.29) is 19.5 Å². The molecule has 130 valence electrons. The Labute approximate surface area is 134 Å². The first kappa shape index (κ1) is 29.7. The van der Waals surface area contributed by atoms with Gasteiger partial charge in [-0.05, 0) is 25.7 Å². The predicted molar refractivity (Wildman–Crippen MR) is 67.5 cm³/mol. The Balaban J connectivity index is -0.0000000973. The van der Waals surface area contributed by atoms with Crippen LogP contribution in [0, 0.1) is 0 Å². The molecule has 1 rings (SSSR count). The van der Waals surface area contributed by atoms with Crippen LogP contribution >= 0.6 is 26.6 Å². The molecule has 0 saturated heterocycles. The molecule has 0 unspecified atom stereocenters. The van der Waals surface area contributed by atoms with Crippen molar-refractivity contribution < 1.29 is 57.3 Å². The molecule has 0 aromatic carbocycles. The summed E-state index contributed by atoms with van der Waals surface area (Å²) in [5, 5.41) is 0. The molecule has 0 nitrogen and oxygen atoms in total. The second-order valence-electron chi connectivity index (χ2n) is 2.67. The van der Waals surface area contributed by atoms with Gasteiger partial charge in [0, 0.05) is 19.5 Å². The fraction of sp³-hybridized carbons (Fsp3) is 0.500. The number of hydrogen-bond donors (Lipinski definition) is 0. The summed E-state index contributed by atoms with van der Waals surface area (Å²) in [7, 11) is -12.4. The van der Waals surface area contributed by atoms with Gasteiger partial charge in [-0.15, -0.1) is 0 Å². The Morgan fingerprint density at radius 1 is 0.429 bits per heavy atom. The van der Waals surface area contributed by atoms with E-state index in [1.807, 2.05) is 0 Å². The van der Waals surface area contributed by atoms with Gasteiger partial charge in [-0.1, -0.05) is 24.3 Å². The van der Waals surface area contributed by atoms with Gasteiger partial charge in [-0.2, -0.15) is 37.8 Å². The molecule has 1 aliphatic rings. The van der Waals surface area contributed by atoms with E-state index in [0.29, 0.717) is 0 Å². The first-order valence-electron chi connectivity index (χ1n) is 4.82. The largest absolute Gasteiger partial charge is 0.456 e. The van der Waals surface area contributed by atoms with E-state index in [9.17, 15) is 37.8 Å². The molecular weight excluding hydrogens is 461 g/mol. The summed E-state index contributed by atoms with van der Waals surface area (Å²) >= 11 is 0. The van der Waals surface area contributed by atoms with E-state index in [1.165, 1.54) is 25.7 Å². The minimum Gasteiger partial charge on any atom is -0.152 e. The predicted octanol–water partition coefficient (Wildman–Crippen LogP) is 9.04. The standard InChI is InChI=1S/C8H12.3F3P.Ru/c1-2-4-6-8-7-5-3-1;3*1-4(2)3;/h1-2,7-8H,3-6H2;;;;. The minimum atomic E-state index is -4.12. The number of hydrogen-bond acceptors (Lipinski definition) is 0. The molecule has 13 heteroatoms. The van der Waals surface area contributed by atoms with E-state index in [1.54, 1.807) is 0 Å². The van der Waals surface area contributed by atoms with Crippen molar-refractivity contribution in [2.24, 2.45) is 0 Å². The molecule has 0 heterocycles. The van der Waals surface area contributed by atoms with Crippen molar-refractivity contribution in [1.29, 1.82) is 0 Å². The fourth-order valence-electron chi connectivity index (χ4n) is 0.856. The number of allylic oxidation sites excluding steroid dienone is 4. The fourth-order valence-corrected chi connectivity index (χ4v) is 0.856. The molecule has 0 bridgehead atoms. The van der Waals surface area contributed by atoms with Crippen LogP contribution in [0.4, 0.5) is 37.8 Å². The minimum absolute atomic E-state index is 0. The van der Waals surface area contributed by atoms with Crippen molar-refractivity contribution in [2.75, 3.05) is 0 Å². The summed E-state index contributed by atoms with van der Waals surface area (Å²) in [6, 6.07) is 0. The number of rotatable bonds is 0.